The van der Waals surface area contributed by atoms with Crippen LogP contribution in [0.4, 0.5) is 0 Å². The van der Waals surface area contributed by atoms with Crippen molar-refractivity contribution in [3.63, 3.8) is 0 Å². The van der Waals surface area contributed by atoms with Gasteiger partial charge in [0.05, 0.1) is 5.41 Å². The summed E-state index contributed by atoms with van der Waals surface area (Å²) in [6.07, 6.45) is 6.20. The number of hydrogen-bond acceptors (Lipinski definition) is 3. The monoisotopic (exact) mass is 376 g/mol. The molecule has 23 heavy (non-hydrogen) atoms. The SMILES string of the molecule is CC(C)(C)OC(=O)C(=O)C1(C)CC=CC=C1c1ccc(Br)cc1. The highest BCUT2D eigenvalue weighted by molar-refractivity contribution is 9.10. The molecular weight excluding hydrogens is 356 g/mol. The van der Waals surface area contributed by atoms with Gasteiger partial charge in [0.25, 0.3) is 5.78 Å². The van der Waals surface area contributed by atoms with Crippen molar-refractivity contribution < 1.29 is 14.3 Å². The van der Waals surface area contributed by atoms with E-state index < -0.39 is 22.8 Å². The molecular formula is C19H21BrO3. The van der Waals surface area contributed by atoms with Crippen LogP contribution in [0.1, 0.15) is 39.7 Å². The number of ether oxygens (including phenoxy) is 1. The summed E-state index contributed by atoms with van der Waals surface area (Å²) in [5, 5.41) is 0. The van der Waals surface area contributed by atoms with Gasteiger partial charge in [-0.3, -0.25) is 4.79 Å². The quantitative estimate of drug-likeness (QED) is 0.566. The van der Waals surface area contributed by atoms with Crippen molar-refractivity contribution in [3.8, 4) is 0 Å². The Morgan fingerprint density at radius 2 is 1.78 bits per heavy atom. The van der Waals surface area contributed by atoms with E-state index in [1.165, 1.54) is 0 Å². The summed E-state index contributed by atoms with van der Waals surface area (Å²) >= 11 is 3.41. The lowest BCUT2D eigenvalue weighted by atomic mass is 9.70. The van der Waals surface area contributed by atoms with Gasteiger partial charge < -0.3 is 4.74 Å². The van der Waals surface area contributed by atoms with Crippen molar-refractivity contribution in [3.05, 3.63) is 52.5 Å². The molecule has 0 amide bonds. The highest BCUT2D eigenvalue weighted by atomic mass is 79.9. The van der Waals surface area contributed by atoms with Crippen molar-refractivity contribution >= 4 is 33.3 Å². The number of ketones is 1. The van der Waals surface area contributed by atoms with Crippen molar-refractivity contribution in [2.45, 2.75) is 39.7 Å². The maximum Gasteiger partial charge on any atom is 0.376 e. The van der Waals surface area contributed by atoms with Crippen LogP contribution in [0.3, 0.4) is 0 Å². The number of esters is 1. The average Bonchev–Trinajstić information content (AvgIpc) is 2.46. The minimum atomic E-state index is -0.912. The summed E-state index contributed by atoms with van der Waals surface area (Å²) in [5.41, 5.74) is 0.167. The van der Waals surface area contributed by atoms with Gasteiger partial charge in [-0.15, -0.1) is 0 Å². The van der Waals surface area contributed by atoms with Gasteiger partial charge in [-0.25, -0.2) is 4.79 Å². The zero-order valence-electron chi connectivity index (χ0n) is 13.9. The fourth-order valence-electron chi connectivity index (χ4n) is 2.57. The smallest absolute Gasteiger partial charge is 0.376 e. The summed E-state index contributed by atoms with van der Waals surface area (Å²) < 4.78 is 6.24. The van der Waals surface area contributed by atoms with Gasteiger partial charge in [0, 0.05) is 4.47 Å². The highest BCUT2D eigenvalue weighted by Crippen LogP contribution is 2.42. The Morgan fingerprint density at radius 1 is 1.17 bits per heavy atom. The molecule has 4 heteroatoms. The summed E-state index contributed by atoms with van der Waals surface area (Å²) in [5.74, 6) is -1.29. The van der Waals surface area contributed by atoms with E-state index in [1.807, 2.05) is 42.5 Å². The van der Waals surface area contributed by atoms with E-state index in [4.69, 9.17) is 4.74 Å². The van der Waals surface area contributed by atoms with Crippen LogP contribution in [-0.4, -0.2) is 17.4 Å². The van der Waals surface area contributed by atoms with Gasteiger partial charge in [-0.2, -0.15) is 0 Å². The summed E-state index contributed by atoms with van der Waals surface area (Å²) in [4.78, 5) is 25.1. The van der Waals surface area contributed by atoms with Crippen LogP contribution in [0.2, 0.25) is 0 Å². The maximum atomic E-state index is 12.8. The Labute approximate surface area is 145 Å². The van der Waals surface area contributed by atoms with Gasteiger partial charge in [0.1, 0.15) is 5.60 Å². The molecule has 0 spiro atoms. The number of halogens is 1. The summed E-state index contributed by atoms with van der Waals surface area (Å²) in [7, 11) is 0. The molecule has 0 fully saturated rings. The second kappa shape index (κ2) is 6.44. The topological polar surface area (TPSA) is 43.4 Å². The predicted octanol–water partition coefficient (Wildman–Crippen LogP) is 4.71. The Bertz CT molecular complexity index is 678. The number of Topliss-reactive ketones (excluding diaryl/α,β-unsaturated/α-hetero) is 1. The van der Waals surface area contributed by atoms with Crippen molar-refractivity contribution in [2.75, 3.05) is 0 Å². The van der Waals surface area contributed by atoms with E-state index in [9.17, 15) is 9.59 Å². The molecule has 0 radical (unpaired) electrons. The van der Waals surface area contributed by atoms with Crippen molar-refractivity contribution in [1.82, 2.24) is 0 Å². The number of carbonyl (C=O) groups is 2. The van der Waals surface area contributed by atoms with Gasteiger partial charge in [0.15, 0.2) is 0 Å². The lowest BCUT2D eigenvalue weighted by Crippen LogP contribution is -2.39. The highest BCUT2D eigenvalue weighted by Gasteiger charge is 2.43. The first-order valence-corrected chi connectivity index (χ1v) is 8.34. The summed E-state index contributed by atoms with van der Waals surface area (Å²) in [6.45, 7) is 7.07. The zero-order valence-corrected chi connectivity index (χ0v) is 15.4. The second-order valence-electron chi connectivity index (χ2n) is 6.88. The van der Waals surface area contributed by atoms with E-state index in [-0.39, 0.29) is 0 Å². The lowest BCUT2D eigenvalue weighted by Gasteiger charge is -2.32. The Morgan fingerprint density at radius 3 is 2.35 bits per heavy atom. The normalized spacial score (nSPS) is 20.8. The molecule has 122 valence electrons. The van der Waals surface area contributed by atoms with E-state index in [1.54, 1.807) is 27.7 Å². The Hall–Kier alpha value is -1.68. The summed E-state index contributed by atoms with van der Waals surface area (Å²) in [6, 6.07) is 7.73. The first-order chi connectivity index (χ1) is 10.6. The number of allylic oxidation sites excluding steroid dienone is 4. The van der Waals surface area contributed by atoms with Crippen LogP contribution in [0.5, 0.6) is 0 Å². The van der Waals surface area contributed by atoms with Crippen molar-refractivity contribution in [2.24, 2.45) is 5.41 Å². The molecule has 1 aliphatic carbocycles. The van der Waals surface area contributed by atoms with E-state index in [0.717, 1.165) is 15.6 Å². The zero-order chi connectivity index (χ0) is 17.3. The minimum absolute atomic E-state index is 0.479. The minimum Gasteiger partial charge on any atom is -0.454 e. The first-order valence-electron chi connectivity index (χ1n) is 7.54. The van der Waals surface area contributed by atoms with Gasteiger partial charge in [0.2, 0.25) is 0 Å². The standard InChI is InChI=1S/C19H21BrO3/c1-18(2,3)23-17(22)16(21)19(4)12-6-5-7-15(19)13-8-10-14(20)11-9-13/h5-11H,12H2,1-4H3. The molecule has 1 aliphatic rings. The van der Waals surface area contributed by atoms with E-state index >= 15 is 0 Å². The molecule has 0 heterocycles. The maximum absolute atomic E-state index is 12.8. The molecule has 2 rings (SSSR count). The molecule has 1 atom stereocenters. The molecule has 0 aromatic heterocycles. The predicted molar refractivity (Wildman–Crippen MR) is 94.8 cm³/mol. The van der Waals surface area contributed by atoms with Crippen LogP contribution in [0.15, 0.2) is 47.0 Å². The van der Waals surface area contributed by atoms with Crippen molar-refractivity contribution in [1.29, 1.82) is 0 Å². The largest absolute Gasteiger partial charge is 0.454 e. The molecule has 0 N–H and O–H groups in total. The van der Waals surface area contributed by atoms with Crippen LogP contribution in [-0.2, 0) is 14.3 Å². The fourth-order valence-corrected chi connectivity index (χ4v) is 2.84. The molecule has 0 aliphatic heterocycles. The Balaban J connectivity index is 2.36. The van der Waals surface area contributed by atoms with Crippen LogP contribution < -0.4 is 0 Å². The lowest BCUT2D eigenvalue weighted by molar-refractivity contribution is -0.165. The molecule has 1 unspecified atom stereocenters. The second-order valence-corrected chi connectivity index (χ2v) is 7.80. The number of hydrogen-bond donors (Lipinski definition) is 0. The third-order valence-corrected chi connectivity index (χ3v) is 4.29. The average molecular weight is 377 g/mol. The molecule has 1 aromatic carbocycles. The third-order valence-electron chi connectivity index (χ3n) is 3.76. The number of rotatable bonds is 3. The van der Waals surface area contributed by atoms with E-state index in [2.05, 4.69) is 15.9 Å². The molecule has 0 bridgehead atoms. The van der Waals surface area contributed by atoms with Crippen LogP contribution in [0, 0.1) is 5.41 Å². The van der Waals surface area contributed by atoms with Gasteiger partial charge in [-0.1, -0.05) is 46.3 Å². The molecule has 3 nitrogen and oxygen atoms in total. The third kappa shape index (κ3) is 3.99. The van der Waals surface area contributed by atoms with Gasteiger partial charge >= 0.3 is 5.97 Å². The van der Waals surface area contributed by atoms with Crippen LogP contribution in [0.25, 0.3) is 5.57 Å². The van der Waals surface area contributed by atoms with Crippen LogP contribution >= 0.6 is 15.9 Å². The molecule has 0 saturated carbocycles. The number of carbonyl (C=O) groups excluding carboxylic acids is 2. The fraction of sp³-hybridized carbons (Fsp3) is 0.368. The number of benzene rings is 1. The van der Waals surface area contributed by atoms with E-state index in [0.29, 0.717) is 6.42 Å². The van der Waals surface area contributed by atoms with Gasteiger partial charge in [-0.05, 0) is 57.4 Å². The molecule has 0 saturated heterocycles. The first kappa shape index (κ1) is 17.7. The molecule has 1 aromatic rings. The Kier molecular flexibility index (Phi) is 4.95.